The first-order chi connectivity index (χ1) is 9.10. The van der Waals surface area contributed by atoms with Gasteiger partial charge in [0.15, 0.2) is 0 Å². The first-order valence-corrected chi connectivity index (χ1v) is 6.57. The molecule has 0 spiro atoms. The largest absolute Gasteiger partial charge is 0.462 e. The van der Waals surface area contributed by atoms with Crippen molar-refractivity contribution in [2.24, 2.45) is 0 Å². The van der Waals surface area contributed by atoms with E-state index in [0.29, 0.717) is 0 Å². The third kappa shape index (κ3) is 6.64. The maximum absolute atomic E-state index is 11.6. The Morgan fingerprint density at radius 3 is 1.79 bits per heavy atom. The van der Waals surface area contributed by atoms with E-state index in [9.17, 15) is 9.59 Å². The molecule has 0 aliphatic carbocycles. The van der Waals surface area contributed by atoms with Crippen LogP contribution in [0.1, 0.15) is 27.7 Å². The Balaban J connectivity index is 4.91. The van der Waals surface area contributed by atoms with Gasteiger partial charge < -0.3 is 14.4 Å². The molecule has 0 aromatic carbocycles. The quantitative estimate of drug-likeness (QED) is 0.221. The molecule has 0 aliphatic rings. The second-order valence-corrected chi connectivity index (χ2v) is 3.58. The molecule has 0 heterocycles. The molecule has 0 aliphatic heterocycles. The summed E-state index contributed by atoms with van der Waals surface area (Å²) < 4.78 is 9.65. The van der Waals surface area contributed by atoms with Gasteiger partial charge in [-0.05, 0) is 46.0 Å². The smallest absolute Gasteiger partial charge is 0.345 e. The van der Waals surface area contributed by atoms with E-state index in [1.165, 1.54) is 6.08 Å². The lowest BCUT2D eigenvalue weighted by atomic mass is 10.2. The number of ether oxygens (including phenoxy) is 2. The maximum Gasteiger partial charge on any atom is 0.345 e. The van der Waals surface area contributed by atoms with Crippen LogP contribution in [0.25, 0.3) is 0 Å². The van der Waals surface area contributed by atoms with Gasteiger partial charge in [0.1, 0.15) is 5.57 Å². The minimum Gasteiger partial charge on any atom is -0.462 e. The third-order valence-corrected chi connectivity index (χ3v) is 2.36. The molecular weight excluding hydrogens is 246 g/mol. The van der Waals surface area contributed by atoms with E-state index in [0.717, 1.165) is 13.1 Å². The van der Waals surface area contributed by atoms with Crippen molar-refractivity contribution in [3.05, 3.63) is 23.9 Å². The summed E-state index contributed by atoms with van der Waals surface area (Å²) in [5, 5.41) is 0. The minimum atomic E-state index is -0.662. The molecule has 5 heteroatoms. The monoisotopic (exact) mass is 269 g/mol. The summed E-state index contributed by atoms with van der Waals surface area (Å²) in [6.07, 6.45) is 4.89. The fraction of sp³-hybridized carbons (Fsp3) is 0.571. The van der Waals surface area contributed by atoms with Crippen LogP contribution in [0, 0.1) is 0 Å². The van der Waals surface area contributed by atoms with Crippen LogP contribution in [0.15, 0.2) is 23.9 Å². The Morgan fingerprint density at radius 2 is 1.42 bits per heavy atom. The van der Waals surface area contributed by atoms with Crippen LogP contribution >= 0.6 is 0 Å². The maximum atomic E-state index is 11.6. The zero-order chi connectivity index (χ0) is 14.7. The van der Waals surface area contributed by atoms with Crippen molar-refractivity contribution in [1.82, 2.24) is 4.90 Å². The van der Waals surface area contributed by atoms with E-state index < -0.39 is 11.9 Å². The lowest BCUT2D eigenvalue weighted by molar-refractivity contribution is -0.146. The average molecular weight is 269 g/mol. The van der Waals surface area contributed by atoms with Gasteiger partial charge in [0, 0.05) is 13.1 Å². The standard InChI is InChI=1S/C14H23NO4/c1-5-15(6-2)11-9-10-12(13(16)18-7-3)14(17)19-8-4/h9-11H,5-8H2,1-4H3/b11-9+. The summed E-state index contributed by atoms with van der Waals surface area (Å²) in [5.41, 5.74) is -0.0906. The molecule has 108 valence electrons. The Morgan fingerprint density at radius 1 is 0.947 bits per heavy atom. The molecule has 0 unspecified atom stereocenters. The molecule has 0 amide bonds. The first kappa shape index (κ1) is 17.2. The van der Waals surface area contributed by atoms with E-state index in [4.69, 9.17) is 9.47 Å². The normalized spacial score (nSPS) is 10.1. The van der Waals surface area contributed by atoms with Gasteiger partial charge in [0.05, 0.1) is 13.2 Å². The number of hydrogen-bond donors (Lipinski definition) is 0. The molecule has 19 heavy (non-hydrogen) atoms. The van der Waals surface area contributed by atoms with Gasteiger partial charge in [0.2, 0.25) is 0 Å². The molecule has 0 saturated carbocycles. The van der Waals surface area contributed by atoms with Gasteiger partial charge in [-0.2, -0.15) is 0 Å². The summed E-state index contributed by atoms with van der Waals surface area (Å²) in [6.45, 7) is 9.57. The number of carbonyl (C=O) groups is 2. The lowest BCUT2D eigenvalue weighted by Gasteiger charge is -2.14. The fourth-order valence-electron chi connectivity index (χ4n) is 1.33. The SMILES string of the molecule is CCOC(=O)C(=C/C=C/N(CC)CC)C(=O)OCC. The predicted molar refractivity (Wildman–Crippen MR) is 73.4 cm³/mol. The Bertz CT molecular complexity index is 323. The minimum absolute atomic E-state index is 0.0906. The molecule has 0 radical (unpaired) electrons. The van der Waals surface area contributed by atoms with Crippen LogP contribution in [0.5, 0.6) is 0 Å². The van der Waals surface area contributed by atoms with Crippen molar-refractivity contribution in [3.63, 3.8) is 0 Å². The lowest BCUT2D eigenvalue weighted by Crippen LogP contribution is -2.18. The van der Waals surface area contributed by atoms with Crippen LogP contribution in [-0.4, -0.2) is 43.1 Å². The molecular formula is C14H23NO4. The number of allylic oxidation sites excluding steroid dienone is 2. The Kier molecular flexibility index (Phi) is 9.22. The van der Waals surface area contributed by atoms with Crippen molar-refractivity contribution in [2.75, 3.05) is 26.3 Å². The highest BCUT2D eigenvalue weighted by Crippen LogP contribution is 2.03. The second-order valence-electron chi connectivity index (χ2n) is 3.58. The fourth-order valence-corrected chi connectivity index (χ4v) is 1.33. The van der Waals surface area contributed by atoms with Gasteiger partial charge in [-0.15, -0.1) is 0 Å². The third-order valence-electron chi connectivity index (χ3n) is 2.36. The molecule has 0 bridgehead atoms. The van der Waals surface area contributed by atoms with Crippen LogP contribution in [0.4, 0.5) is 0 Å². The number of hydrogen-bond acceptors (Lipinski definition) is 5. The molecule has 0 N–H and O–H groups in total. The molecule has 5 nitrogen and oxygen atoms in total. The van der Waals surface area contributed by atoms with Gasteiger partial charge in [-0.25, -0.2) is 9.59 Å². The Hall–Kier alpha value is -1.78. The van der Waals surface area contributed by atoms with Gasteiger partial charge >= 0.3 is 11.9 Å². The zero-order valence-corrected chi connectivity index (χ0v) is 12.1. The number of carbonyl (C=O) groups excluding carboxylic acids is 2. The number of rotatable bonds is 8. The van der Waals surface area contributed by atoms with Crippen LogP contribution in [0.2, 0.25) is 0 Å². The second kappa shape index (κ2) is 10.2. The summed E-state index contributed by atoms with van der Waals surface area (Å²) >= 11 is 0. The molecule has 0 aromatic rings. The highest BCUT2D eigenvalue weighted by Gasteiger charge is 2.19. The van der Waals surface area contributed by atoms with Crippen molar-refractivity contribution in [3.8, 4) is 0 Å². The summed E-state index contributed by atoms with van der Waals surface area (Å²) in [7, 11) is 0. The molecule has 0 fully saturated rings. The van der Waals surface area contributed by atoms with Gasteiger partial charge in [-0.3, -0.25) is 0 Å². The number of nitrogens with zero attached hydrogens (tertiary/aromatic N) is 1. The van der Waals surface area contributed by atoms with Crippen LogP contribution in [0.3, 0.4) is 0 Å². The van der Waals surface area contributed by atoms with E-state index in [2.05, 4.69) is 0 Å². The van der Waals surface area contributed by atoms with Crippen LogP contribution < -0.4 is 0 Å². The van der Waals surface area contributed by atoms with Gasteiger partial charge in [0.25, 0.3) is 0 Å². The van der Waals surface area contributed by atoms with E-state index >= 15 is 0 Å². The highest BCUT2D eigenvalue weighted by molar-refractivity contribution is 6.14. The highest BCUT2D eigenvalue weighted by atomic mass is 16.6. The first-order valence-electron chi connectivity index (χ1n) is 6.57. The molecule has 0 aromatic heterocycles. The molecule has 0 atom stereocenters. The summed E-state index contributed by atoms with van der Waals surface area (Å²) in [4.78, 5) is 25.3. The number of esters is 2. The van der Waals surface area contributed by atoms with Crippen molar-refractivity contribution < 1.29 is 19.1 Å². The van der Waals surface area contributed by atoms with Crippen LogP contribution in [-0.2, 0) is 19.1 Å². The predicted octanol–water partition coefficient (Wildman–Crippen LogP) is 1.89. The topological polar surface area (TPSA) is 55.8 Å². The van der Waals surface area contributed by atoms with Crippen molar-refractivity contribution in [1.29, 1.82) is 0 Å². The molecule has 0 rings (SSSR count). The Labute approximate surface area is 114 Å². The van der Waals surface area contributed by atoms with Crippen molar-refractivity contribution in [2.45, 2.75) is 27.7 Å². The molecule has 0 saturated heterocycles. The summed E-state index contributed by atoms with van der Waals surface area (Å²) in [5.74, 6) is -1.32. The van der Waals surface area contributed by atoms with E-state index in [1.807, 2.05) is 24.9 Å². The van der Waals surface area contributed by atoms with E-state index in [-0.39, 0.29) is 18.8 Å². The van der Waals surface area contributed by atoms with E-state index in [1.54, 1.807) is 19.9 Å². The zero-order valence-electron chi connectivity index (χ0n) is 12.1. The summed E-state index contributed by atoms with van der Waals surface area (Å²) in [6, 6.07) is 0. The van der Waals surface area contributed by atoms with Gasteiger partial charge in [-0.1, -0.05) is 0 Å². The average Bonchev–Trinajstić information content (AvgIpc) is 2.39. The van der Waals surface area contributed by atoms with Crippen molar-refractivity contribution >= 4 is 11.9 Å².